The summed E-state index contributed by atoms with van der Waals surface area (Å²) in [7, 11) is 0. The lowest BCUT2D eigenvalue weighted by atomic mass is 10.2. The second-order valence-corrected chi connectivity index (χ2v) is 4.23. The highest BCUT2D eigenvalue weighted by atomic mass is 19.1. The first-order valence-corrected chi connectivity index (χ1v) is 5.63. The normalized spacial score (nSPS) is 15.8. The molecule has 0 aliphatic heterocycles. The van der Waals surface area contributed by atoms with Crippen molar-refractivity contribution in [1.82, 2.24) is 5.32 Å². The third-order valence-corrected chi connectivity index (χ3v) is 2.77. The monoisotopic (exact) mass is 252 g/mol. The number of hydrogen-bond acceptors (Lipinski definition) is 2. The molecule has 5 nitrogen and oxygen atoms in total. The third-order valence-electron chi connectivity index (χ3n) is 2.77. The van der Waals surface area contributed by atoms with E-state index >= 15 is 0 Å². The molecule has 1 unspecified atom stereocenters. The van der Waals surface area contributed by atoms with E-state index < -0.39 is 23.9 Å². The zero-order valence-corrected chi connectivity index (χ0v) is 9.52. The van der Waals surface area contributed by atoms with Crippen molar-refractivity contribution in [2.24, 2.45) is 5.92 Å². The van der Waals surface area contributed by atoms with Gasteiger partial charge in [-0.25, -0.2) is 14.0 Å². The van der Waals surface area contributed by atoms with Crippen LogP contribution in [0.3, 0.4) is 0 Å². The predicted molar refractivity (Wildman–Crippen MR) is 62.7 cm³/mol. The molecule has 96 valence electrons. The van der Waals surface area contributed by atoms with Crippen LogP contribution in [0.2, 0.25) is 0 Å². The van der Waals surface area contributed by atoms with Gasteiger partial charge in [0.05, 0.1) is 5.69 Å². The van der Waals surface area contributed by atoms with Crippen LogP contribution in [0, 0.1) is 11.7 Å². The second kappa shape index (κ2) is 5.03. The molecule has 1 atom stereocenters. The summed E-state index contributed by atoms with van der Waals surface area (Å²) in [6.07, 6.45) is 1.58. The van der Waals surface area contributed by atoms with Crippen molar-refractivity contribution >= 4 is 17.7 Å². The molecule has 3 N–H and O–H groups in total. The molecular weight excluding hydrogens is 239 g/mol. The number of nitrogens with one attached hydrogen (secondary N) is 2. The first kappa shape index (κ1) is 12.3. The van der Waals surface area contributed by atoms with Gasteiger partial charge >= 0.3 is 12.0 Å². The molecule has 2 rings (SSSR count). The highest BCUT2D eigenvalue weighted by Crippen LogP contribution is 2.32. The van der Waals surface area contributed by atoms with Gasteiger partial charge in [-0.1, -0.05) is 12.1 Å². The van der Waals surface area contributed by atoms with Crippen LogP contribution in [0.5, 0.6) is 0 Å². The Morgan fingerprint density at radius 1 is 1.33 bits per heavy atom. The lowest BCUT2D eigenvalue weighted by Gasteiger charge is -2.14. The Balaban J connectivity index is 1.96. The maximum Gasteiger partial charge on any atom is 0.326 e. The summed E-state index contributed by atoms with van der Waals surface area (Å²) in [5.74, 6) is -1.65. The Hall–Kier alpha value is -2.11. The number of carbonyl (C=O) groups is 2. The summed E-state index contributed by atoms with van der Waals surface area (Å²) in [5.41, 5.74) is 0.0231. The number of hydrogen-bond donors (Lipinski definition) is 3. The van der Waals surface area contributed by atoms with E-state index in [1.807, 2.05) is 0 Å². The fourth-order valence-electron chi connectivity index (χ4n) is 1.67. The van der Waals surface area contributed by atoms with Gasteiger partial charge in [0.15, 0.2) is 0 Å². The first-order chi connectivity index (χ1) is 8.58. The number of rotatable bonds is 4. The van der Waals surface area contributed by atoms with Gasteiger partial charge in [0.2, 0.25) is 0 Å². The first-order valence-electron chi connectivity index (χ1n) is 5.63. The average molecular weight is 252 g/mol. The molecule has 0 saturated heterocycles. The highest BCUT2D eigenvalue weighted by Gasteiger charge is 2.37. The number of benzene rings is 1. The zero-order chi connectivity index (χ0) is 13.1. The number of urea groups is 1. The van der Waals surface area contributed by atoms with Gasteiger partial charge in [0, 0.05) is 0 Å². The topological polar surface area (TPSA) is 78.4 Å². The summed E-state index contributed by atoms with van der Waals surface area (Å²) in [6, 6.07) is 4.08. The standard InChI is InChI=1S/C12H13FN2O3/c13-8-3-1-2-4-9(8)14-12(18)15-10(11(16)17)7-5-6-7/h1-4,7,10H,5-6H2,(H,16,17)(H2,14,15,18). The number of carboxylic acid groups (broad SMARTS) is 1. The van der Waals surface area contributed by atoms with Crippen LogP contribution in [-0.4, -0.2) is 23.1 Å². The number of anilines is 1. The van der Waals surface area contributed by atoms with Crippen molar-refractivity contribution in [2.75, 3.05) is 5.32 Å². The minimum Gasteiger partial charge on any atom is -0.480 e. The summed E-state index contributed by atoms with van der Waals surface area (Å²) < 4.78 is 13.3. The van der Waals surface area contributed by atoms with E-state index in [4.69, 9.17) is 5.11 Å². The molecule has 0 radical (unpaired) electrons. The fourth-order valence-corrected chi connectivity index (χ4v) is 1.67. The van der Waals surface area contributed by atoms with E-state index in [1.165, 1.54) is 18.2 Å². The van der Waals surface area contributed by atoms with Crippen molar-refractivity contribution in [3.8, 4) is 0 Å². The van der Waals surface area contributed by atoms with Gasteiger partial charge in [0.25, 0.3) is 0 Å². The summed E-state index contributed by atoms with van der Waals surface area (Å²) in [4.78, 5) is 22.5. The number of carbonyl (C=O) groups excluding carboxylic acids is 1. The summed E-state index contributed by atoms with van der Waals surface area (Å²) in [6.45, 7) is 0. The van der Waals surface area contributed by atoms with Gasteiger partial charge in [-0.05, 0) is 30.9 Å². The number of aliphatic carboxylic acids is 1. The van der Waals surface area contributed by atoms with Gasteiger partial charge in [-0.3, -0.25) is 0 Å². The summed E-state index contributed by atoms with van der Waals surface area (Å²) in [5, 5.41) is 13.6. The van der Waals surface area contributed by atoms with E-state index in [1.54, 1.807) is 6.07 Å². The molecule has 6 heteroatoms. The van der Waals surface area contributed by atoms with Crippen LogP contribution in [0.1, 0.15) is 12.8 Å². The minimum atomic E-state index is -1.07. The number of carboxylic acids is 1. The molecule has 1 aliphatic carbocycles. The number of halogens is 1. The van der Waals surface area contributed by atoms with Crippen LogP contribution in [0.4, 0.5) is 14.9 Å². The van der Waals surface area contributed by atoms with E-state index in [2.05, 4.69) is 10.6 Å². The number of amides is 2. The maximum atomic E-state index is 13.3. The smallest absolute Gasteiger partial charge is 0.326 e. The van der Waals surface area contributed by atoms with Gasteiger partial charge in [0.1, 0.15) is 11.9 Å². The molecule has 1 fully saturated rings. The maximum absolute atomic E-state index is 13.3. The van der Waals surface area contributed by atoms with E-state index in [-0.39, 0.29) is 11.6 Å². The van der Waals surface area contributed by atoms with E-state index in [0.717, 1.165) is 12.8 Å². The van der Waals surface area contributed by atoms with Crippen molar-refractivity contribution in [3.05, 3.63) is 30.1 Å². The lowest BCUT2D eigenvalue weighted by Crippen LogP contribution is -2.44. The largest absolute Gasteiger partial charge is 0.480 e. The number of para-hydroxylation sites is 1. The Morgan fingerprint density at radius 3 is 2.56 bits per heavy atom. The Morgan fingerprint density at radius 2 is 2.00 bits per heavy atom. The Bertz CT molecular complexity index is 474. The van der Waals surface area contributed by atoms with Gasteiger partial charge < -0.3 is 15.7 Å². The molecule has 0 heterocycles. The molecule has 1 saturated carbocycles. The van der Waals surface area contributed by atoms with E-state index in [9.17, 15) is 14.0 Å². The van der Waals surface area contributed by atoms with Crippen LogP contribution in [-0.2, 0) is 4.79 Å². The minimum absolute atomic E-state index is 0.0196. The van der Waals surface area contributed by atoms with Gasteiger partial charge in [-0.2, -0.15) is 0 Å². The molecule has 1 aromatic carbocycles. The second-order valence-electron chi connectivity index (χ2n) is 4.23. The molecular formula is C12H13FN2O3. The molecule has 0 bridgehead atoms. The van der Waals surface area contributed by atoms with Crippen molar-refractivity contribution in [3.63, 3.8) is 0 Å². The molecule has 0 spiro atoms. The average Bonchev–Trinajstić information content (AvgIpc) is 3.13. The van der Waals surface area contributed by atoms with Crippen LogP contribution in [0.25, 0.3) is 0 Å². The third kappa shape index (κ3) is 2.97. The lowest BCUT2D eigenvalue weighted by molar-refractivity contribution is -0.139. The van der Waals surface area contributed by atoms with Crippen molar-refractivity contribution < 1.29 is 19.1 Å². The highest BCUT2D eigenvalue weighted by molar-refractivity contribution is 5.92. The quantitative estimate of drug-likeness (QED) is 0.764. The SMILES string of the molecule is O=C(Nc1ccccc1F)NC(C(=O)O)C1CC1. The van der Waals surface area contributed by atoms with Crippen LogP contribution < -0.4 is 10.6 Å². The van der Waals surface area contributed by atoms with Gasteiger partial charge in [-0.15, -0.1) is 0 Å². The predicted octanol–water partition coefficient (Wildman–Crippen LogP) is 1.81. The molecule has 0 aromatic heterocycles. The molecule has 1 aliphatic rings. The van der Waals surface area contributed by atoms with Crippen molar-refractivity contribution in [2.45, 2.75) is 18.9 Å². The molecule has 18 heavy (non-hydrogen) atoms. The van der Waals surface area contributed by atoms with Crippen LogP contribution >= 0.6 is 0 Å². The van der Waals surface area contributed by atoms with Crippen LogP contribution in [0.15, 0.2) is 24.3 Å². The van der Waals surface area contributed by atoms with E-state index in [0.29, 0.717) is 0 Å². The Kier molecular flexibility index (Phi) is 3.45. The Labute approximate surface area is 103 Å². The zero-order valence-electron chi connectivity index (χ0n) is 9.52. The summed E-state index contributed by atoms with van der Waals surface area (Å²) >= 11 is 0. The van der Waals surface area contributed by atoms with Crippen molar-refractivity contribution in [1.29, 1.82) is 0 Å². The fraction of sp³-hybridized carbons (Fsp3) is 0.333. The molecule has 2 amide bonds. The molecule has 1 aromatic rings.